The number of benzene rings is 3. The van der Waals surface area contributed by atoms with Gasteiger partial charge in [-0.05, 0) is 48.9 Å². The van der Waals surface area contributed by atoms with E-state index in [-0.39, 0.29) is 19.1 Å². The van der Waals surface area contributed by atoms with Crippen LogP contribution >= 0.6 is 0 Å². The summed E-state index contributed by atoms with van der Waals surface area (Å²) in [5, 5.41) is 2.98. The Morgan fingerprint density at radius 2 is 1.68 bits per heavy atom. The number of rotatable bonds is 8. The highest BCUT2D eigenvalue weighted by molar-refractivity contribution is 5.81. The van der Waals surface area contributed by atoms with Crippen LogP contribution in [-0.2, 0) is 24.5 Å². The zero-order chi connectivity index (χ0) is 21.6. The van der Waals surface area contributed by atoms with E-state index in [1.165, 1.54) is 5.56 Å². The lowest BCUT2D eigenvalue weighted by molar-refractivity contribution is -0.121. The lowest BCUT2D eigenvalue weighted by Crippen LogP contribution is -2.28. The van der Waals surface area contributed by atoms with Crippen LogP contribution in [0.4, 0.5) is 0 Å². The maximum atomic E-state index is 12.7. The van der Waals surface area contributed by atoms with E-state index in [0.29, 0.717) is 12.4 Å². The molecule has 0 fully saturated rings. The summed E-state index contributed by atoms with van der Waals surface area (Å²) in [6.07, 6.45) is 0. The van der Waals surface area contributed by atoms with E-state index < -0.39 is 0 Å². The topological polar surface area (TPSA) is 65.4 Å². The third-order valence-electron chi connectivity index (χ3n) is 5.07. The van der Waals surface area contributed by atoms with Crippen LogP contribution in [0.25, 0.3) is 11.0 Å². The second-order valence-corrected chi connectivity index (χ2v) is 7.33. The Balaban J connectivity index is 1.46. The number of para-hydroxylation sites is 2. The smallest absolute Gasteiger partial charge is 0.240 e. The predicted molar refractivity (Wildman–Crippen MR) is 120 cm³/mol. The Hall–Kier alpha value is -3.80. The Bertz CT molecular complexity index is 1170. The molecule has 0 aliphatic heterocycles. The fraction of sp³-hybridized carbons (Fsp3) is 0.200. The monoisotopic (exact) mass is 415 g/mol. The molecule has 0 bridgehead atoms. The van der Waals surface area contributed by atoms with E-state index in [1.807, 2.05) is 84.3 Å². The molecule has 1 aromatic heterocycles. The summed E-state index contributed by atoms with van der Waals surface area (Å²) in [5.41, 5.74) is 3.93. The molecule has 0 aliphatic rings. The van der Waals surface area contributed by atoms with E-state index >= 15 is 0 Å². The SMILES string of the molecule is COc1ccc(CNC(=O)Cn2c(COc3ccc(C)cc3)nc3ccccc32)cc1. The highest BCUT2D eigenvalue weighted by Crippen LogP contribution is 2.19. The Labute approximate surface area is 181 Å². The molecular weight excluding hydrogens is 390 g/mol. The molecule has 3 aromatic carbocycles. The zero-order valence-electron chi connectivity index (χ0n) is 17.7. The third kappa shape index (κ3) is 5.04. The quantitative estimate of drug-likeness (QED) is 0.467. The summed E-state index contributed by atoms with van der Waals surface area (Å²) in [4.78, 5) is 17.4. The van der Waals surface area contributed by atoms with Crippen LogP contribution in [0.2, 0.25) is 0 Å². The van der Waals surface area contributed by atoms with Crippen LogP contribution in [0.5, 0.6) is 11.5 Å². The van der Waals surface area contributed by atoms with Crippen molar-refractivity contribution in [1.29, 1.82) is 0 Å². The van der Waals surface area contributed by atoms with Crippen molar-refractivity contribution in [3.05, 3.63) is 89.7 Å². The zero-order valence-corrected chi connectivity index (χ0v) is 17.7. The number of imidazole rings is 1. The Morgan fingerprint density at radius 3 is 2.42 bits per heavy atom. The van der Waals surface area contributed by atoms with Gasteiger partial charge in [0.1, 0.15) is 30.5 Å². The summed E-state index contributed by atoms with van der Waals surface area (Å²) in [6.45, 7) is 2.94. The number of aryl methyl sites for hydroxylation is 1. The molecular formula is C25H25N3O3. The second kappa shape index (κ2) is 9.34. The van der Waals surface area contributed by atoms with Gasteiger partial charge in [0.2, 0.25) is 5.91 Å². The van der Waals surface area contributed by atoms with Crippen LogP contribution in [0.15, 0.2) is 72.8 Å². The summed E-state index contributed by atoms with van der Waals surface area (Å²) in [5.74, 6) is 2.18. The number of hydrogen-bond donors (Lipinski definition) is 1. The van der Waals surface area contributed by atoms with Crippen molar-refractivity contribution in [1.82, 2.24) is 14.9 Å². The molecule has 31 heavy (non-hydrogen) atoms. The van der Waals surface area contributed by atoms with E-state index in [1.54, 1.807) is 7.11 Å². The molecule has 4 rings (SSSR count). The molecule has 6 heteroatoms. The third-order valence-corrected chi connectivity index (χ3v) is 5.07. The van der Waals surface area contributed by atoms with Gasteiger partial charge in [0.25, 0.3) is 0 Å². The molecule has 1 N–H and O–H groups in total. The molecule has 0 unspecified atom stereocenters. The molecule has 1 heterocycles. The number of carbonyl (C=O) groups excluding carboxylic acids is 1. The van der Waals surface area contributed by atoms with Gasteiger partial charge in [0, 0.05) is 6.54 Å². The largest absolute Gasteiger partial charge is 0.497 e. The number of carbonyl (C=O) groups is 1. The fourth-order valence-electron chi connectivity index (χ4n) is 3.34. The second-order valence-electron chi connectivity index (χ2n) is 7.33. The van der Waals surface area contributed by atoms with Gasteiger partial charge in [-0.15, -0.1) is 0 Å². The van der Waals surface area contributed by atoms with Gasteiger partial charge in [0.05, 0.1) is 18.1 Å². The van der Waals surface area contributed by atoms with Crippen LogP contribution in [0.3, 0.4) is 0 Å². The van der Waals surface area contributed by atoms with Crippen molar-refractivity contribution in [2.45, 2.75) is 26.6 Å². The molecule has 0 spiro atoms. The van der Waals surface area contributed by atoms with Crippen molar-refractivity contribution in [3.8, 4) is 11.5 Å². The van der Waals surface area contributed by atoms with Gasteiger partial charge in [-0.2, -0.15) is 0 Å². The van der Waals surface area contributed by atoms with Gasteiger partial charge in [0.15, 0.2) is 0 Å². The molecule has 1 amide bonds. The number of hydrogen-bond acceptors (Lipinski definition) is 4. The Morgan fingerprint density at radius 1 is 0.968 bits per heavy atom. The summed E-state index contributed by atoms with van der Waals surface area (Å²) >= 11 is 0. The van der Waals surface area contributed by atoms with E-state index in [9.17, 15) is 4.79 Å². The van der Waals surface area contributed by atoms with Crippen molar-refractivity contribution in [2.24, 2.45) is 0 Å². The Kier molecular flexibility index (Phi) is 6.17. The molecule has 0 atom stereocenters. The first-order valence-electron chi connectivity index (χ1n) is 10.2. The summed E-state index contributed by atoms with van der Waals surface area (Å²) < 4.78 is 13.0. The minimum absolute atomic E-state index is 0.0874. The highest BCUT2D eigenvalue weighted by Gasteiger charge is 2.14. The number of nitrogens with one attached hydrogen (secondary N) is 1. The van der Waals surface area contributed by atoms with Gasteiger partial charge in [-0.3, -0.25) is 4.79 Å². The van der Waals surface area contributed by atoms with Crippen molar-refractivity contribution in [3.63, 3.8) is 0 Å². The first-order valence-corrected chi connectivity index (χ1v) is 10.2. The molecule has 0 aliphatic carbocycles. The number of nitrogens with zero attached hydrogens (tertiary/aromatic N) is 2. The van der Waals surface area contributed by atoms with Crippen molar-refractivity contribution < 1.29 is 14.3 Å². The van der Waals surface area contributed by atoms with Crippen LogP contribution < -0.4 is 14.8 Å². The maximum Gasteiger partial charge on any atom is 0.240 e. The maximum absolute atomic E-state index is 12.7. The lowest BCUT2D eigenvalue weighted by Gasteiger charge is -2.11. The van der Waals surface area contributed by atoms with Gasteiger partial charge < -0.3 is 19.4 Å². The molecule has 0 saturated carbocycles. The van der Waals surface area contributed by atoms with Crippen molar-refractivity contribution in [2.75, 3.05) is 7.11 Å². The average Bonchev–Trinajstić information content (AvgIpc) is 3.15. The first-order chi connectivity index (χ1) is 15.1. The number of methoxy groups -OCH3 is 1. The van der Waals surface area contributed by atoms with E-state index in [4.69, 9.17) is 9.47 Å². The molecule has 0 saturated heterocycles. The fourth-order valence-corrected chi connectivity index (χ4v) is 3.34. The number of fused-ring (bicyclic) bond motifs is 1. The van der Waals surface area contributed by atoms with Gasteiger partial charge >= 0.3 is 0 Å². The highest BCUT2D eigenvalue weighted by atomic mass is 16.5. The van der Waals surface area contributed by atoms with E-state index in [0.717, 1.165) is 28.1 Å². The normalized spacial score (nSPS) is 10.8. The van der Waals surface area contributed by atoms with Crippen LogP contribution in [0.1, 0.15) is 17.0 Å². The molecule has 158 valence electrons. The van der Waals surface area contributed by atoms with Crippen LogP contribution in [-0.4, -0.2) is 22.6 Å². The number of ether oxygens (including phenoxy) is 2. The molecule has 0 radical (unpaired) electrons. The number of aromatic nitrogens is 2. The summed E-state index contributed by atoms with van der Waals surface area (Å²) in [6, 6.07) is 23.3. The first kappa shape index (κ1) is 20.5. The number of amides is 1. The predicted octanol–water partition coefficient (Wildman–Crippen LogP) is 4.25. The van der Waals surface area contributed by atoms with E-state index in [2.05, 4.69) is 10.3 Å². The van der Waals surface area contributed by atoms with Crippen molar-refractivity contribution >= 4 is 16.9 Å². The van der Waals surface area contributed by atoms with Crippen LogP contribution in [0, 0.1) is 6.92 Å². The minimum atomic E-state index is -0.0874. The minimum Gasteiger partial charge on any atom is -0.497 e. The standard InChI is InChI=1S/C25H25N3O3/c1-18-7-11-21(12-8-18)31-17-24-27-22-5-3-4-6-23(22)28(24)16-25(29)26-15-19-9-13-20(30-2)14-10-19/h3-14H,15-17H2,1-2H3,(H,26,29). The molecule has 6 nitrogen and oxygen atoms in total. The molecule has 4 aromatic rings. The average molecular weight is 415 g/mol. The van der Waals surface area contributed by atoms with Gasteiger partial charge in [-0.1, -0.05) is 42.0 Å². The summed E-state index contributed by atoms with van der Waals surface area (Å²) in [7, 11) is 1.63. The lowest BCUT2D eigenvalue weighted by atomic mass is 10.2. The van der Waals surface area contributed by atoms with Gasteiger partial charge in [-0.25, -0.2) is 4.98 Å².